The number of rotatable bonds is 7. The van der Waals surface area contributed by atoms with Gasteiger partial charge in [0.25, 0.3) is 0 Å². The highest BCUT2D eigenvalue weighted by Crippen LogP contribution is 2.34. The Hall–Kier alpha value is -2.39. The number of nitrogens with one attached hydrogen (secondary N) is 3. The van der Waals surface area contributed by atoms with E-state index in [1.165, 1.54) is 11.8 Å². The first-order valence-corrected chi connectivity index (χ1v) is 12.4. The van der Waals surface area contributed by atoms with Gasteiger partial charge in [-0.1, -0.05) is 54.1 Å². The van der Waals surface area contributed by atoms with E-state index in [0.717, 1.165) is 26.7 Å². The lowest BCUT2D eigenvalue weighted by atomic mass is 10.1. The number of aryl methyl sites for hydroxylation is 1. The molecular weight excluding hydrogens is 464 g/mol. The van der Waals surface area contributed by atoms with Crippen LogP contribution in [-0.4, -0.2) is 28.0 Å². The number of aromatic nitrogens is 1. The molecule has 3 N–H and O–H groups in total. The van der Waals surface area contributed by atoms with E-state index < -0.39 is 0 Å². The molecule has 1 aliphatic heterocycles. The summed E-state index contributed by atoms with van der Waals surface area (Å²) in [6, 6.07) is 17.2. The van der Waals surface area contributed by atoms with Crippen molar-refractivity contribution in [2.75, 3.05) is 5.75 Å². The first-order chi connectivity index (χ1) is 15.5. The van der Waals surface area contributed by atoms with Gasteiger partial charge in [-0.25, -0.2) is 4.98 Å². The van der Waals surface area contributed by atoms with Gasteiger partial charge in [-0.3, -0.25) is 14.9 Å². The molecule has 2 unspecified atom stereocenters. The van der Waals surface area contributed by atoms with Crippen LogP contribution in [0, 0.1) is 6.92 Å². The number of hydrogen-bond donors (Lipinski definition) is 3. The normalized spacial score (nSPS) is 18.2. The van der Waals surface area contributed by atoms with Crippen molar-refractivity contribution in [3.05, 3.63) is 75.8 Å². The van der Waals surface area contributed by atoms with Gasteiger partial charge in [0.2, 0.25) is 11.8 Å². The number of halogens is 1. The fourth-order valence-electron chi connectivity index (χ4n) is 3.38. The number of thiazole rings is 1. The monoisotopic (exact) mass is 486 g/mol. The van der Waals surface area contributed by atoms with Gasteiger partial charge < -0.3 is 10.6 Å². The molecule has 0 bridgehead atoms. The molecule has 2 aromatic carbocycles. The molecule has 166 valence electrons. The van der Waals surface area contributed by atoms with Crippen LogP contribution < -0.4 is 16.0 Å². The highest BCUT2D eigenvalue weighted by molar-refractivity contribution is 8.00. The van der Waals surface area contributed by atoms with Crippen LogP contribution in [0.2, 0.25) is 5.02 Å². The standard InChI is InChI=1S/C23H23ClN4O2S2/c1-14-21(32-22(26-14)16-5-3-2-4-6-16)18-11-19(29)28-23(27-18)31-13-20(30)25-12-15-7-9-17(24)10-8-15/h2-10,18,23,27H,11-13H2,1H3,(H,25,30)(H,28,29). The summed E-state index contributed by atoms with van der Waals surface area (Å²) in [6.45, 7) is 2.41. The van der Waals surface area contributed by atoms with Gasteiger partial charge in [0.15, 0.2) is 0 Å². The lowest BCUT2D eigenvalue weighted by Gasteiger charge is -2.30. The van der Waals surface area contributed by atoms with Crippen LogP contribution in [-0.2, 0) is 16.1 Å². The number of benzene rings is 2. The molecule has 1 aromatic heterocycles. The number of amides is 2. The topological polar surface area (TPSA) is 83.1 Å². The van der Waals surface area contributed by atoms with E-state index in [-0.39, 0.29) is 29.1 Å². The fourth-order valence-corrected chi connectivity index (χ4v) is 5.53. The van der Waals surface area contributed by atoms with E-state index in [9.17, 15) is 9.59 Å². The maximum atomic E-state index is 12.3. The van der Waals surface area contributed by atoms with E-state index in [4.69, 9.17) is 16.6 Å². The zero-order valence-corrected chi connectivity index (χ0v) is 19.8. The molecule has 1 aliphatic rings. The van der Waals surface area contributed by atoms with Gasteiger partial charge >= 0.3 is 0 Å². The summed E-state index contributed by atoms with van der Waals surface area (Å²) in [7, 11) is 0. The highest BCUT2D eigenvalue weighted by atomic mass is 35.5. The van der Waals surface area contributed by atoms with Crippen molar-refractivity contribution in [3.8, 4) is 10.6 Å². The third-order valence-electron chi connectivity index (χ3n) is 4.99. The Labute approximate surface area is 200 Å². The quantitative estimate of drug-likeness (QED) is 0.465. The molecule has 1 fully saturated rings. The van der Waals surface area contributed by atoms with Crippen molar-refractivity contribution < 1.29 is 9.59 Å². The average Bonchev–Trinajstić information content (AvgIpc) is 3.19. The molecule has 2 heterocycles. The maximum absolute atomic E-state index is 12.3. The van der Waals surface area contributed by atoms with Crippen LogP contribution in [0.3, 0.4) is 0 Å². The number of nitrogens with zero attached hydrogens (tertiary/aromatic N) is 1. The van der Waals surface area contributed by atoms with Crippen LogP contribution in [0.15, 0.2) is 54.6 Å². The van der Waals surface area contributed by atoms with Gasteiger partial charge in [-0.05, 0) is 24.6 Å². The van der Waals surface area contributed by atoms with Crippen molar-refractivity contribution in [2.45, 2.75) is 31.4 Å². The Morgan fingerprint density at radius 2 is 1.97 bits per heavy atom. The molecular formula is C23H23ClN4O2S2. The Morgan fingerprint density at radius 1 is 1.22 bits per heavy atom. The minimum Gasteiger partial charge on any atom is -0.351 e. The Kier molecular flexibility index (Phi) is 7.47. The predicted octanol–water partition coefficient (Wildman–Crippen LogP) is 4.26. The van der Waals surface area contributed by atoms with Crippen molar-refractivity contribution in [1.29, 1.82) is 0 Å². The summed E-state index contributed by atoms with van der Waals surface area (Å²) in [5, 5.41) is 10.9. The molecule has 4 rings (SSSR count). The first-order valence-electron chi connectivity index (χ1n) is 10.2. The largest absolute Gasteiger partial charge is 0.351 e. The van der Waals surface area contributed by atoms with E-state index in [1.54, 1.807) is 23.5 Å². The van der Waals surface area contributed by atoms with Gasteiger partial charge in [0.1, 0.15) is 10.5 Å². The summed E-state index contributed by atoms with van der Waals surface area (Å²) in [4.78, 5) is 30.4. The van der Waals surface area contributed by atoms with E-state index in [1.807, 2.05) is 49.4 Å². The molecule has 2 amide bonds. The van der Waals surface area contributed by atoms with Crippen LogP contribution in [0.4, 0.5) is 0 Å². The molecule has 3 aromatic rings. The van der Waals surface area contributed by atoms with Crippen LogP contribution >= 0.6 is 34.7 Å². The van der Waals surface area contributed by atoms with Gasteiger partial charge in [-0.15, -0.1) is 23.1 Å². The molecule has 0 spiro atoms. The number of carbonyl (C=O) groups excluding carboxylic acids is 2. The van der Waals surface area contributed by atoms with Gasteiger partial charge in [-0.2, -0.15) is 0 Å². The predicted molar refractivity (Wildman–Crippen MR) is 130 cm³/mol. The minimum atomic E-state index is -0.343. The molecule has 1 saturated heterocycles. The summed E-state index contributed by atoms with van der Waals surface area (Å²) in [5.74, 6) is 0.0974. The van der Waals surface area contributed by atoms with E-state index >= 15 is 0 Å². The second-order valence-electron chi connectivity index (χ2n) is 7.42. The molecule has 6 nitrogen and oxygen atoms in total. The Bertz CT molecular complexity index is 1090. The van der Waals surface area contributed by atoms with Gasteiger partial charge in [0, 0.05) is 28.4 Å². The van der Waals surface area contributed by atoms with Crippen LogP contribution in [0.5, 0.6) is 0 Å². The maximum Gasteiger partial charge on any atom is 0.230 e. The summed E-state index contributed by atoms with van der Waals surface area (Å²) in [5.41, 5.74) is 2.62. The number of thioether (sulfide) groups is 1. The lowest BCUT2D eigenvalue weighted by molar-refractivity contribution is -0.123. The second-order valence-corrected chi connectivity index (χ2v) is 9.98. The number of hydrogen-bond acceptors (Lipinski definition) is 6. The summed E-state index contributed by atoms with van der Waals surface area (Å²) >= 11 is 8.85. The molecule has 9 heteroatoms. The Balaban J connectivity index is 1.33. The van der Waals surface area contributed by atoms with E-state index in [2.05, 4.69) is 16.0 Å². The summed E-state index contributed by atoms with van der Waals surface area (Å²) < 4.78 is 0. The van der Waals surface area contributed by atoms with Crippen LogP contribution in [0.1, 0.15) is 28.6 Å². The van der Waals surface area contributed by atoms with Crippen molar-refractivity contribution in [2.24, 2.45) is 0 Å². The number of carbonyl (C=O) groups is 2. The minimum absolute atomic E-state index is 0.0399. The first kappa shape index (κ1) is 22.8. The molecule has 0 radical (unpaired) electrons. The zero-order chi connectivity index (χ0) is 22.5. The van der Waals surface area contributed by atoms with Gasteiger partial charge in [0.05, 0.1) is 17.5 Å². The Morgan fingerprint density at radius 3 is 2.72 bits per heavy atom. The molecule has 0 saturated carbocycles. The SMILES string of the molecule is Cc1nc(-c2ccccc2)sc1C1CC(=O)NC(SCC(=O)NCc2ccc(Cl)cc2)N1. The fraction of sp³-hybridized carbons (Fsp3) is 0.261. The molecule has 32 heavy (non-hydrogen) atoms. The van der Waals surface area contributed by atoms with E-state index in [0.29, 0.717) is 18.0 Å². The zero-order valence-electron chi connectivity index (χ0n) is 17.4. The van der Waals surface area contributed by atoms with Crippen molar-refractivity contribution in [1.82, 2.24) is 20.9 Å². The lowest BCUT2D eigenvalue weighted by Crippen LogP contribution is -2.51. The third-order valence-corrected chi connectivity index (χ3v) is 7.58. The van der Waals surface area contributed by atoms with Crippen molar-refractivity contribution in [3.63, 3.8) is 0 Å². The highest BCUT2D eigenvalue weighted by Gasteiger charge is 2.30. The van der Waals surface area contributed by atoms with Crippen LogP contribution in [0.25, 0.3) is 10.6 Å². The smallest absolute Gasteiger partial charge is 0.230 e. The van der Waals surface area contributed by atoms with Crippen molar-refractivity contribution >= 4 is 46.5 Å². The molecule has 2 atom stereocenters. The average molecular weight is 487 g/mol. The second kappa shape index (κ2) is 10.5. The third kappa shape index (κ3) is 5.89. The molecule has 0 aliphatic carbocycles. The summed E-state index contributed by atoms with van der Waals surface area (Å²) in [6.07, 6.45) is 0.344.